The number of nitrogens with one attached hydrogen (secondary N) is 1. The second-order valence-electron chi connectivity index (χ2n) is 6.90. The van der Waals surface area contributed by atoms with E-state index in [2.05, 4.69) is 20.6 Å². The van der Waals surface area contributed by atoms with Crippen molar-refractivity contribution in [2.45, 2.75) is 19.0 Å². The number of Topliss-reactive ketones (excluding diaryl/α,β-unsaturated/α-hetero) is 1. The van der Waals surface area contributed by atoms with Crippen LogP contribution in [0.3, 0.4) is 0 Å². The molecule has 2 heterocycles. The molecule has 1 N–H and O–H groups in total. The molecular formula is C23H21N5O3S. The molecule has 4 aromatic rings. The summed E-state index contributed by atoms with van der Waals surface area (Å²) in [6.07, 6.45) is 0. The minimum atomic E-state index is -0.213. The zero-order valence-electron chi connectivity index (χ0n) is 17.6. The largest absolute Gasteiger partial charge is 0.494 e. The van der Waals surface area contributed by atoms with Gasteiger partial charge in [-0.1, -0.05) is 23.9 Å². The average Bonchev–Trinajstić information content (AvgIpc) is 3.21. The minimum absolute atomic E-state index is 0.0557. The molecule has 8 nitrogen and oxygen atoms in total. The molecule has 2 aromatic carbocycles. The van der Waals surface area contributed by atoms with E-state index >= 15 is 0 Å². The van der Waals surface area contributed by atoms with Crippen LogP contribution in [0.2, 0.25) is 0 Å². The molecule has 0 saturated carbocycles. The lowest BCUT2D eigenvalue weighted by Crippen LogP contribution is -2.14. The third kappa shape index (κ3) is 4.94. The third-order valence-electron chi connectivity index (χ3n) is 4.58. The van der Waals surface area contributed by atoms with E-state index in [0.29, 0.717) is 28.7 Å². The number of aromatic nitrogens is 4. The number of fused-ring (bicyclic) bond motifs is 1. The van der Waals surface area contributed by atoms with Crippen molar-refractivity contribution < 1.29 is 14.3 Å². The normalized spacial score (nSPS) is 10.8. The second kappa shape index (κ2) is 9.61. The lowest BCUT2D eigenvalue weighted by atomic mass is 10.1. The highest BCUT2D eigenvalue weighted by atomic mass is 32.2. The van der Waals surface area contributed by atoms with Gasteiger partial charge in [0.25, 0.3) is 0 Å². The van der Waals surface area contributed by atoms with Crippen LogP contribution in [0.4, 0.5) is 5.69 Å². The van der Waals surface area contributed by atoms with Gasteiger partial charge >= 0.3 is 0 Å². The Bertz CT molecular complexity index is 1270. The number of carbonyl (C=O) groups excluding carboxylic acids is 2. The molecule has 0 aliphatic heterocycles. The summed E-state index contributed by atoms with van der Waals surface area (Å²) in [7, 11) is 0. The summed E-state index contributed by atoms with van der Waals surface area (Å²) in [6.45, 7) is 4.04. The number of ketones is 1. The fourth-order valence-corrected chi connectivity index (χ4v) is 3.73. The van der Waals surface area contributed by atoms with E-state index < -0.39 is 0 Å². The van der Waals surface area contributed by atoms with Gasteiger partial charge in [0.05, 0.1) is 18.1 Å². The van der Waals surface area contributed by atoms with Crippen molar-refractivity contribution in [1.82, 2.24) is 19.8 Å². The van der Waals surface area contributed by atoms with E-state index in [1.807, 2.05) is 43.3 Å². The molecule has 0 fully saturated rings. The van der Waals surface area contributed by atoms with Crippen LogP contribution in [0.1, 0.15) is 24.2 Å². The van der Waals surface area contributed by atoms with Gasteiger partial charge in [-0.15, -0.1) is 10.2 Å². The molecule has 0 spiro atoms. The number of benzene rings is 2. The molecule has 0 radical (unpaired) electrons. The second-order valence-corrected chi connectivity index (χ2v) is 7.84. The van der Waals surface area contributed by atoms with Crippen LogP contribution in [-0.2, 0) is 4.79 Å². The topological polar surface area (TPSA) is 98.5 Å². The highest BCUT2D eigenvalue weighted by Crippen LogP contribution is 2.23. The number of thioether (sulfide) groups is 1. The summed E-state index contributed by atoms with van der Waals surface area (Å²) >= 11 is 1.24. The summed E-state index contributed by atoms with van der Waals surface area (Å²) in [4.78, 5) is 23.9. The predicted molar refractivity (Wildman–Crippen MR) is 123 cm³/mol. The Labute approximate surface area is 189 Å². The highest BCUT2D eigenvalue weighted by molar-refractivity contribution is 7.99. The number of ether oxygens (including phenoxy) is 1. The molecule has 0 aliphatic carbocycles. The maximum atomic E-state index is 12.4. The van der Waals surface area contributed by atoms with Crippen molar-refractivity contribution in [2.24, 2.45) is 0 Å². The lowest BCUT2D eigenvalue weighted by molar-refractivity contribution is -0.113. The fourth-order valence-electron chi connectivity index (χ4n) is 3.04. The molecular weight excluding hydrogens is 426 g/mol. The van der Waals surface area contributed by atoms with Gasteiger partial charge in [0.1, 0.15) is 5.75 Å². The van der Waals surface area contributed by atoms with E-state index in [0.717, 1.165) is 17.0 Å². The lowest BCUT2D eigenvalue weighted by Gasteiger charge is -2.07. The maximum Gasteiger partial charge on any atom is 0.234 e. The molecule has 0 aliphatic rings. The van der Waals surface area contributed by atoms with Crippen LogP contribution in [0, 0.1) is 0 Å². The molecule has 0 atom stereocenters. The number of hydrogen-bond donors (Lipinski definition) is 1. The van der Waals surface area contributed by atoms with Gasteiger partial charge in [-0.25, -0.2) is 0 Å². The van der Waals surface area contributed by atoms with Gasteiger partial charge in [-0.2, -0.15) is 9.61 Å². The highest BCUT2D eigenvalue weighted by Gasteiger charge is 2.12. The van der Waals surface area contributed by atoms with Crippen molar-refractivity contribution in [3.8, 4) is 17.0 Å². The first-order valence-electron chi connectivity index (χ1n) is 10.0. The quantitative estimate of drug-likeness (QED) is 0.320. The summed E-state index contributed by atoms with van der Waals surface area (Å²) in [6, 6.07) is 18.2. The monoisotopic (exact) mass is 447 g/mol. The number of nitrogens with zero attached hydrogens (tertiary/aromatic N) is 4. The van der Waals surface area contributed by atoms with Crippen molar-refractivity contribution in [3.63, 3.8) is 0 Å². The van der Waals surface area contributed by atoms with Crippen LogP contribution in [0.25, 0.3) is 16.9 Å². The molecule has 0 bridgehead atoms. The van der Waals surface area contributed by atoms with Crippen molar-refractivity contribution in [2.75, 3.05) is 17.7 Å². The van der Waals surface area contributed by atoms with Crippen LogP contribution >= 0.6 is 11.8 Å². The van der Waals surface area contributed by atoms with E-state index in [-0.39, 0.29) is 17.4 Å². The Morgan fingerprint density at radius 1 is 1.06 bits per heavy atom. The molecule has 9 heteroatoms. The summed E-state index contributed by atoms with van der Waals surface area (Å²) in [5.74, 6) is 0.660. The van der Waals surface area contributed by atoms with Crippen LogP contribution in [0.5, 0.6) is 5.75 Å². The molecule has 32 heavy (non-hydrogen) atoms. The Kier molecular flexibility index (Phi) is 6.46. The molecule has 162 valence electrons. The van der Waals surface area contributed by atoms with Gasteiger partial charge in [-0.3, -0.25) is 9.59 Å². The van der Waals surface area contributed by atoms with Crippen LogP contribution < -0.4 is 10.1 Å². The Balaban J connectivity index is 1.46. The molecule has 0 unspecified atom stereocenters. The van der Waals surface area contributed by atoms with Gasteiger partial charge < -0.3 is 10.1 Å². The Morgan fingerprint density at radius 2 is 1.88 bits per heavy atom. The smallest absolute Gasteiger partial charge is 0.234 e. The SMILES string of the molecule is CCOc1ccc(-c2ccc3nnc(SCC(=O)Nc4cccc(C(C)=O)c4)n3n2)cc1. The molecule has 4 rings (SSSR count). The van der Waals surface area contributed by atoms with Crippen LogP contribution in [0.15, 0.2) is 65.8 Å². The summed E-state index contributed by atoms with van der Waals surface area (Å²) in [5.41, 5.74) is 3.41. The van der Waals surface area contributed by atoms with Crippen molar-refractivity contribution in [3.05, 3.63) is 66.2 Å². The number of hydrogen-bond acceptors (Lipinski definition) is 7. The van der Waals surface area contributed by atoms with Gasteiger partial charge in [0.2, 0.25) is 11.1 Å². The standard InChI is InChI=1S/C23H21N5O3S/c1-3-31-19-9-7-16(8-10-19)20-11-12-21-25-26-23(28(21)27-20)32-14-22(30)24-18-6-4-5-17(13-18)15(2)29/h4-13H,3,14H2,1-2H3,(H,24,30). The predicted octanol–water partition coefficient (Wildman–Crippen LogP) is 4.12. The first-order chi connectivity index (χ1) is 15.5. The molecule has 2 aromatic heterocycles. The molecule has 0 saturated heterocycles. The minimum Gasteiger partial charge on any atom is -0.494 e. The summed E-state index contributed by atoms with van der Waals surface area (Å²) < 4.78 is 7.11. The zero-order valence-corrected chi connectivity index (χ0v) is 18.4. The fraction of sp³-hybridized carbons (Fsp3) is 0.174. The van der Waals surface area contributed by atoms with Gasteiger partial charge in [-0.05, 0) is 62.4 Å². The third-order valence-corrected chi connectivity index (χ3v) is 5.50. The van der Waals surface area contributed by atoms with Gasteiger partial charge in [0.15, 0.2) is 11.4 Å². The van der Waals surface area contributed by atoms with Crippen LogP contribution in [-0.4, -0.2) is 43.9 Å². The Hall–Kier alpha value is -3.72. The van der Waals surface area contributed by atoms with Gasteiger partial charge in [0, 0.05) is 16.8 Å². The van der Waals surface area contributed by atoms with E-state index in [9.17, 15) is 9.59 Å². The van der Waals surface area contributed by atoms with Crippen molar-refractivity contribution in [1.29, 1.82) is 0 Å². The van der Waals surface area contributed by atoms with E-state index in [1.54, 1.807) is 28.8 Å². The summed E-state index contributed by atoms with van der Waals surface area (Å²) in [5, 5.41) is 16.2. The average molecular weight is 448 g/mol. The first kappa shape index (κ1) is 21.5. The number of amides is 1. The molecule has 1 amide bonds. The zero-order chi connectivity index (χ0) is 22.5. The van der Waals surface area contributed by atoms with Crippen molar-refractivity contribution >= 4 is 34.8 Å². The van der Waals surface area contributed by atoms with E-state index in [1.165, 1.54) is 18.7 Å². The Morgan fingerprint density at radius 3 is 2.62 bits per heavy atom. The number of carbonyl (C=O) groups is 2. The number of anilines is 1. The van der Waals surface area contributed by atoms with E-state index in [4.69, 9.17) is 4.74 Å². The maximum absolute atomic E-state index is 12.4. The first-order valence-corrected chi connectivity index (χ1v) is 11.0. The number of rotatable bonds is 8.